The van der Waals surface area contributed by atoms with Gasteiger partial charge < -0.3 is 0 Å². The van der Waals surface area contributed by atoms with E-state index in [9.17, 15) is 25.2 Å². The molecule has 2 rings (SSSR count). The summed E-state index contributed by atoms with van der Waals surface area (Å²) in [6, 6.07) is 18.5. The monoisotopic (exact) mass is 608 g/mol. The van der Waals surface area contributed by atoms with Crippen LogP contribution in [-0.4, -0.2) is 0 Å². The second kappa shape index (κ2) is 13.3. The van der Waals surface area contributed by atoms with Crippen LogP contribution in [0.2, 0.25) is 0 Å². The van der Waals surface area contributed by atoms with Crippen LogP contribution in [0.5, 0.6) is 0 Å². The summed E-state index contributed by atoms with van der Waals surface area (Å²) >= 11 is -0.0271. The Kier molecular flexibility index (Phi) is 12.2. The van der Waals surface area contributed by atoms with E-state index in [0.29, 0.717) is 0 Å². The number of hydrogen-bond acceptors (Lipinski definition) is 0. The maximum atomic E-state index is 9.87. The molecule has 0 amide bonds. The molecular formula is C25H36F6IP. The third-order valence-electron chi connectivity index (χ3n) is 4.96. The van der Waals surface area contributed by atoms with Gasteiger partial charge in [-0.25, -0.2) is 0 Å². The Labute approximate surface area is 205 Å². The number of halogens is 7. The fraction of sp³-hybridized carbons (Fsp3) is 0.520. The van der Waals surface area contributed by atoms with Crippen LogP contribution < -0.4 is 21.2 Å². The summed E-state index contributed by atoms with van der Waals surface area (Å²) in [7, 11) is -10.7. The summed E-state index contributed by atoms with van der Waals surface area (Å²) in [5.74, 6) is 0. The van der Waals surface area contributed by atoms with Gasteiger partial charge in [-0.05, 0) is 49.6 Å². The Morgan fingerprint density at radius 3 is 1.36 bits per heavy atom. The van der Waals surface area contributed by atoms with E-state index in [1.807, 2.05) is 0 Å². The minimum absolute atomic E-state index is 0.0271. The Morgan fingerprint density at radius 1 is 0.576 bits per heavy atom. The van der Waals surface area contributed by atoms with E-state index in [1.54, 1.807) is 0 Å². The second-order valence-electron chi connectivity index (χ2n) is 8.41. The molecule has 0 aliphatic heterocycles. The summed E-state index contributed by atoms with van der Waals surface area (Å²) in [6.07, 6.45) is 15.4. The first-order chi connectivity index (χ1) is 15.2. The third-order valence-corrected chi connectivity index (χ3v) is 7.65. The first kappa shape index (κ1) is 30.2. The molecule has 0 saturated carbocycles. The maximum absolute atomic E-state index is 10.7. The topological polar surface area (TPSA) is 0 Å². The molecule has 0 nitrogen and oxygen atoms in total. The van der Waals surface area contributed by atoms with Gasteiger partial charge in [-0.15, -0.1) is 0 Å². The average molecular weight is 608 g/mol. The quantitative estimate of drug-likeness (QED) is 0.0937. The predicted octanol–water partition coefficient (Wildman–Crippen LogP) is 7.97. The van der Waals surface area contributed by atoms with Crippen LogP contribution in [0.1, 0.15) is 82.3 Å². The molecule has 0 atom stereocenters. The molecule has 0 radical (unpaired) electrons. The van der Waals surface area contributed by atoms with Crippen molar-refractivity contribution >= 4 is 7.81 Å². The zero-order valence-electron chi connectivity index (χ0n) is 19.5. The van der Waals surface area contributed by atoms with E-state index in [1.165, 1.54) is 88.9 Å². The van der Waals surface area contributed by atoms with Gasteiger partial charge >= 0.3 is 54.2 Å². The molecule has 8 heteroatoms. The normalized spacial score (nSPS) is 13.6. The minimum atomic E-state index is -10.7. The van der Waals surface area contributed by atoms with Gasteiger partial charge in [0.05, 0.1) is 0 Å². The summed E-state index contributed by atoms with van der Waals surface area (Å²) < 4.78 is 62.2. The Bertz CT molecular complexity index is 775. The second-order valence-corrected chi connectivity index (χ2v) is 13.4. The third kappa shape index (κ3) is 21.5. The van der Waals surface area contributed by atoms with Crippen molar-refractivity contribution in [3.8, 4) is 0 Å². The summed E-state index contributed by atoms with van der Waals surface area (Å²) in [6.45, 7) is 4.45. The van der Waals surface area contributed by atoms with E-state index >= 15 is 0 Å². The van der Waals surface area contributed by atoms with E-state index in [0.717, 1.165) is 0 Å². The molecular weight excluding hydrogens is 572 g/mol. The Hall–Kier alpha value is -0.820. The molecule has 0 aliphatic carbocycles. The molecule has 2 aromatic rings. The van der Waals surface area contributed by atoms with Crippen LogP contribution in [0, 0.1) is 14.1 Å². The van der Waals surface area contributed by atoms with E-state index in [2.05, 4.69) is 62.4 Å². The van der Waals surface area contributed by atoms with Crippen LogP contribution in [-0.2, 0) is 6.42 Å². The van der Waals surface area contributed by atoms with Gasteiger partial charge in [0.2, 0.25) is 0 Å². The average Bonchev–Trinajstić information content (AvgIpc) is 2.70. The van der Waals surface area contributed by atoms with Gasteiger partial charge in [0.15, 0.2) is 7.14 Å². The van der Waals surface area contributed by atoms with Gasteiger partial charge in [0.25, 0.3) is 0 Å². The Morgan fingerprint density at radius 2 is 0.939 bits per heavy atom. The first-order valence-corrected chi connectivity index (χ1v) is 15.8. The molecule has 190 valence electrons. The van der Waals surface area contributed by atoms with Crippen LogP contribution in [0.25, 0.3) is 0 Å². The van der Waals surface area contributed by atoms with Crippen molar-refractivity contribution in [2.24, 2.45) is 0 Å². The van der Waals surface area contributed by atoms with Gasteiger partial charge in [-0.3, -0.25) is 0 Å². The molecule has 0 N–H and O–H groups in total. The molecule has 0 aliphatic rings. The molecule has 0 saturated heterocycles. The SMILES string of the molecule is CCCCCCCCCCCCc1ccc([I+]c2ccc(C)cc2)cc1.F[P-](F)(F)(F)(F)F. The molecule has 0 fully saturated rings. The molecule has 2 aromatic carbocycles. The van der Waals surface area contributed by atoms with Gasteiger partial charge in [-0.2, -0.15) is 0 Å². The van der Waals surface area contributed by atoms with E-state index in [4.69, 9.17) is 0 Å². The van der Waals surface area contributed by atoms with Gasteiger partial charge in [0, 0.05) is 0 Å². The number of benzene rings is 2. The van der Waals surface area contributed by atoms with Crippen molar-refractivity contribution in [3.05, 3.63) is 66.8 Å². The number of hydrogen-bond donors (Lipinski definition) is 0. The Balaban J connectivity index is 0.000000675. The number of aryl methyl sites for hydroxylation is 2. The molecule has 0 unspecified atom stereocenters. The van der Waals surface area contributed by atoms with Crippen LogP contribution >= 0.6 is 7.81 Å². The van der Waals surface area contributed by atoms with Crippen molar-refractivity contribution in [3.63, 3.8) is 0 Å². The van der Waals surface area contributed by atoms with E-state index in [-0.39, 0.29) is 21.2 Å². The zero-order valence-corrected chi connectivity index (χ0v) is 22.5. The summed E-state index contributed by atoms with van der Waals surface area (Å²) in [4.78, 5) is 0. The van der Waals surface area contributed by atoms with E-state index < -0.39 is 7.81 Å². The van der Waals surface area contributed by atoms with Crippen molar-refractivity contribution in [2.45, 2.75) is 84.5 Å². The fourth-order valence-corrected chi connectivity index (χ4v) is 5.41. The molecule has 0 aromatic heterocycles. The van der Waals surface area contributed by atoms with Crippen molar-refractivity contribution in [2.75, 3.05) is 0 Å². The van der Waals surface area contributed by atoms with Gasteiger partial charge in [0.1, 0.15) is 0 Å². The van der Waals surface area contributed by atoms with Crippen molar-refractivity contribution < 1.29 is 46.4 Å². The standard InChI is InChI=1S/C25H36I.F6P/c1-3-4-5-6-7-8-9-10-11-12-13-23-16-20-25(21-17-23)26-24-18-14-22(2)15-19-24;1-7(2,3,4,5)6/h14-21H,3-13H2,1-2H3;/q+1;-1. The zero-order chi connectivity index (χ0) is 24.9. The number of unbranched alkanes of at least 4 members (excludes halogenated alkanes) is 9. The molecule has 0 heterocycles. The number of rotatable bonds is 13. The predicted molar refractivity (Wildman–Crippen MR) is 124 cm³/mol. The fourth-order valence-electron chi connectivity index (χ4n) is 3.25. The van der Waals surface area contributed by atoms with Crippen LogP contribution in [0.4, 0.5) is 25.2 Å². The molecule has 33 heavy (non-hydrogen) atoms. The summed E-state index contributed by atoms with van der Waals surface area (Å²) in [5.41, 5.74) is 2.87. The van der Waals surface area contributed by atoms with Crippen molar-refractivity contribution in [1.29, 1.82) is 0 Å². The molecule has 0 spiro atoms. The van der Waals surface area contributed by atoms with Crippen LogP contribution in [0.15, 0.2) is 48.5 Å². The molecule has 0 bridgehead atoms. The first-order valence-electron chi connectivity index (χ1n) is 11.6. The van der Waals surface area contributed by atoms with Crippen LogP contribution in [0.3, 0.4) is 0 Å². The summed E-state index contributed by atoms with van der Waals surface area (Å²) in [5, 5.41) is 0. The van der Waals surface area contributed by atoms with Gasteiger partial charge in [-0.1, -0.05) is 94.5 Å². The van der Waals surface area contributed by atoms with Crippen molar-refractivity contribution in [1.82, 2.24) is 0 Å².